The number of ketones is 1. The highest BCUT2D eigenvalue weighted by molar-refractivity contribution is 6.04. The van der Waals surface area contributed by atoms with Gasteiger partial charge in [-0.15, -0.1) is 0 Å². The number of aliphatic carboxylic acids is 1. The first-order valence-electron chi connectivity index (χ1n) is 4.35. The smallest absolute Gasteiger partial charge is 0.328 e. The van der Waals surface area contributed by atoms with Gasteiger partial charge in [0, 0.05) is 5.41 Å². The fourth-order valence-electron chi connectivity index (χ4n) is 1.28. The molecule has 0 fully saturated rings. The van der Waals surface area contributed by atoms with Gasteiger partial charge in [-0.2, -0.15) is 0 Å². The van der Waals surface area contributed by atoms with E-state index in [-0.39, 0.29) is 0 Å². The summed E-state index contributed by atoms with van der Waals surface area (Å²) < 4.78 is 0. The molecule has 0 aromatic heterocycles. The van der Waals surface area contributed by atoms with Crippen molar-refractivity contribution in [3.05, 3.63) is 0 Å². The summed E-state index contributed by atoms with van der Waals surface area (Å²) in [5.74, 6) is -1.66. The molecule has 0 aliphatic carbocycles. The van der Waals surface area contributed by atoms with Gasteiger partial charge in [-0.25, -0.2) is 0 Å². The maximum Gasteiger partial charge on any atom is 0.328 e. The summed E-state index contributed by atoms with van der Waals surface area (Å²) in [6, 6.07) is -1.39. The van der Waals surface area contributed by atoms with Crippen molar-refractivity contribution < 1.29 is 14.7 Å². The van der Waals surface area contributed by atoms with Crippen LogP contribution in [-0.4, -0.2) is 22.9 Å². The number of carboxylic acids is 1. The lowest BCUT2D eigenvalue weighted by molar-refractivity contribution is -0.145. The molecule has 0 saturated heterocycles. The number of hydrogen-bond acceptors (Lipinski definition) is 3. The van der Waals surface area contributed by atoms with Crippen molar-refractivity contribution in [2.45, 2.75) is 39.7 Å². The third kappa shape index (κ3) is 3.14. The molecule has 1 unspecified atom stereocenters. The lowest BCUT2D eigenvalue weighted by Crippen LogP contribution is -2.45. The van der Waals surface area contributed by atoms with Crippen molar-refractivity contribution >= 4 is 11.8 Å². The maximum atomic E-state index is 11.5. The molecule has 3 N–H and O–H groups in total. The Labute approximate surface area is 78.1 Å². The lowest BCUT2D eigenvalue weighted by Gasteiger charge is -2.23. The molecule has 0 aliphatic rings. The standard InChI is InChI=1S/C9H17NO3/c1-4-5-9(2,3)7(11)6(10)8(12)13/h6H,4-5,10H2,1-3H3,(H,12,13). The number of carbonyl (C=O) groups excluding carboxylic acids is 1. The molecule has 0 aromatic rings. The Bertz CT molecular complexity index is 211. The van der Waals surface area contributed by atoms with E-state index < -0.39 is 23.2 Å². The van der Waals surface area contributed by atoms with Gasteiger partial charge in [0.2, 0.25) is 0 Å². The summed E-state index contributed by atoms with van der Waals surface area (Å²) in [7, 11) is 0. The van der Waals surface area contributed by atoms with Gasteiger partial charge in [-0.05, 0) is 6.42 Å². The molecule has 0 aromatic carbocycles. The first-order valence-corrected chi connectivity index (χ1v) is 4.35. The van der Waals surface area contributed by atoms with Gasteiger partial charge in [0.1, 0.15) is 0 Å². The van der Waals surface area contributed by atoms with E-state index in [1.165, 1.54) is 0 Å². The van der Waals surface area contributed by atoms with Crippen molar-refractivity contribution in [2.24, 2.45) is 11.1 Å². The molecule has 4 nitrogen and oxygen atoms in total. The molecule has 0 amide bonds. The van der Waals surface area contributed by atoms with Crippen LogP contribution in [0.1, 0.15) is 33.6 Å². The van der Waals surface area contributed by atoms with Gasteiger partial charge in [-0.3, -0.25) is 9.59 Å². The second kappa shape index (κ2) is 4.37. The molecule has 1 atom stereocenters. The largest absolute Gasteiger partial charge is 0.480 e. The SMILES string of the molecule is CCCC(C)(C)C(=O)C(N)C(=O)O. The number of Topliss-reactive ketones (excluding diaryl/α,β-unsaturated/α-hetero) is 1. The molecule has 0 spiro atoms. The van der Waals surface area contributed by atoms with Crippen LogP contribution in [0, 0.1) is 5.41 Å². The Morgan fingerprint density at radius 1 is 1.46 bits per heavy atom. The molecule has 13 heavy (non-hydrogen) atoms. The summed E-state index contributed by atoms with van der Waals surface area (Å²) in [6.07, 6.45) is 1.50. The summed E-state index contributed by atoms with van der Waals surface area (Å²) in [5.41, 5.74) is 4.59. The second-order valence-corrected chi connectivity index (χ2v) is 3.81. The topological polar surface area (TPSA) is 80.4 Å². The predicted octanol–water partition coefficient (Wildman–Crippen LogP) is 0.794. The normalized spacial score (nSPS) is 13.8. The minimum Gasteiger partial charge on any atom is -0.480 e. The van der Waals surface area contributed by atoms with E-state index in [0.29, 0.717) is 6.42 Å². The van der Waals surface area contributed by atoms with Gasteiger partial charge < -0.3 is 10.8 Å². The Hall–Kier alpha value is -0.900. The van der Waals surface area contributed by atoms with Crippen LogP contribution in [-0.2, 0) is 9.59 Å². The fourth-order valence-corrected chi connectivity index (χ4v) is 1.28. The first kappa shape index (κ1) is 12.1. The van der Waals surface area contributed by atoms with E-state index in [2.05, 4.69) is 0 Å². The van der Waals surface area contributed by atoms with Crippen LogP contribution >= 0.6 is 0 Å². The predicted molar refractivity (Wildman–Crippen MR) is 49.3 cm³/mol. The van der Waals surface area contributed by atoms with Crippen LogP contribution in [0.15, 0.2) is 0 Å². The number of carboxylic acid groups (broad SMARTS) is 1. The minimum absolute atomic E-state index is 0.401. The minimum atomic E-state index is -1.39. The zero-order valence-corrected chi connectivity index (χ0v) is 8.33. The van der Waals surface area contributed by atoms with E-state index in [9.17, 15) is 9.59 Å². The zero-order valence-electron chi connectivity index (χ0n) is 8.33. The van der Waals surface area contributed by atoms with Crippen LogP contribution in [0.5, 0.6) is 0 Å². The third-order valence-electron chi connectivity index (χ3n) is 2.09. The number of carbonyl (C=O) groups is 2. The highest BCUT2D eigenvalue weighted by atomic mass is 16.4. The van der Waals surface area contributed by atoms with Gasteiger partial charge in [-0.1, -0.05) is 27.2 Å². The highest BCUT2D eigenvalue weighted by Crippen LogP contribution is 2.24. The molecule has 0 aliphatic heterocycles. The Kier molecular flexibility index (Phi) is 4.07. The summed E-state index contributed by atoms with van der Waals surface area (Å²) in [4.78, 5) is 21.9. The van der Waals surface area contributed by atoms with E-state index in [0.717, 1.165) is 6.42 Å². The monoisotopic (exact) mass is 187 g/mol. The Balaban J connectivity index is 4.48. The van der Waals surface area contributed by atoms with Crippen LogP contribution in [0.4, 0.5) is 0 Å². The quantitative estimate of drug-likeness (QED) is 0.624. The van der Waals surface area contributed by atoms with Crippen LogP contribution < -0.4 is 5.73 Å². The molecular formula is C9H17NO3. The van der Waals surface area contributed by atoms with Crippen molar-refractivity contribution in [3.8, 4) is 0 Å². The van der Waals surface area contributed by atoms with E-state index in [1.54, 1.807) is 13.8 Å². The molecule has 0 rings (SSSR count). The van der Waals surface area contributed by atoms with Crippen molar-refractivity contribution in [1.82, 2.24) is 0 Å². The van der Waals surface area contributed by atoms with E-state index in [1.807, 2.05) is 6.92 Å². The Morgan fingerprint density at radius 3 is 2.23 bits per heavy atom. The molecule has 76 valence electrons. The molecule has 0 radical (unpaired) electrons. The summed E-state index contributed by atoms with van der Waals surface area (Å²) >= 11 is 0. The van der Waals surface area contributed by atoms with Crippen molar-refractivity contribution in [3.63, 3.8) is 0 Å². The maximum absolute atomic E-state index is 11.5. The van der Waals surface area contributed by atoms with Gasteiger partial charge >= 0.3 is 5.97 Å². The number of hydrogen-bond donors (Lipinski definition) is 2. The van der Waals surface area contributed by atoms with Gasteiger partial charge in [0.15, 0.2) is 11.8 Å². The van der Waals surface area contributed by atoms with Gasteiger partial charge in [0.05, 0.1) is 0 Å². The van der Waals surface area contributed by atoms with E-state index >= 15 is 0 Å². The average Bonchev–Trinajstić information content (AvgIpc) is 2.01. The van der Waals surface area contributed by atoms with Crippen LogP contribution in [0.3, 0.4) is 0 Å². The van der Waals surface area contributed by atoms with Crippen molar-refractivity contribution in [1.29, 1.82) is 0 Å². The highest BCUT2D eigenvalue weighted by Gasteiger charge is 2.34. The van der Waals surface area contributed by atoms with E-state index in [4.69, 9.17) is 10.8 Å². The zero-order chi connectivity index (χ0) is 10.6. The van der Waals surface area contributed by atoms with Crippen LogP contribution in [0.25, 0.3) is 0 Å². The molecular weight excluding hydrogens is 170 g/mol. The second-order valence-electron chi connectivity index (χ2n) is 3.81. The van der Waals surface area contributed by atoms with Crippen molar-refractivity contribution in [2.75, 3.05) is 0 Å². The molecule has 0 bridgehead atoms. The molecule has 4 heteroatoms. The molecule has 0 heterocycles. The number of rotatable bonds is 5. The van der Waals surface area contributed by atoms with Gasteiger partial charge in [0.25, 0.3) is 0 Å². The lowest BCUT2D eigenvalue weighted by atomic mass is 9.80. The average molecular weight is 187 g/mol. The number of nitrogens with two attached hydrogens (primary N) is 1. The van der Waals surface area contributed by atoms with Crippen LogP contribution in [0.2, 0.25) is 0 Å². The Morgan fingerprint density at radius 2 is 1.92 bits per heavy atom. The fraction of sp³-hybridized carbons (Fsp3) is 0.778. The molecule has 0 saturated carbocycles. The summed E-state index contributed by atoms with van der Waals surface area (Å²) in [5, 5.41) is 8.54. The summed E-state index contributed by atoms with van der Waals surface area (Å²) in [6.45, 7) is 5.39. The third-order valence-corrected chi connectivity index (χ3v) is 2.09. The first-order chi connectivity index (χ1) is 5.83.